The van der Waals surface area contributed by atoms with Crippen molar-refractivity contribution in [1.29, 1.82) is 0 Å². The van der Waals surface area contributed by atoms with Crippen LogP contribution in [0.2, 0.25) is 0 Å². The first kappa shape index (κ1) is 18.4. The molecule has 7 nitrogen and oxygen atoms in total. The molecule has 2 aromatic heterocycles. The second kappa shape index (κ2) is 7.49. The van der Waals surface area contributed by atoms with Crippen LogP contribution in [0.3, 0.4) is 0 Å². The first-order valence-corrected chi connectivity index (χ1v) is 8.48. The molecule has 0 spiro atoms. The summed E-state index contributed by atoms with van der Waals surface area (Å²) in [6.07, 6.45) is 3.37. The van der Waals surface area contributed by atoms with Gasteiger partial charge in [0.1, 0.15) is 5.52 Å². The maximum atomic E-state index is 12.5. The van der Waals surface area contributed by atoms with Gasteiger partial charge in [0, 0.05) is 25.7 Å². The SMILES string of the molecule is C=C(C)/C(Cn1cc(NC(=O)c2ccc3nc(C)oc3c2)cn1)=C(/C)OC.[HH]. The van der Waals surface area contributed by atoms with Crippen molar-refractivity contribution in [2.45, 2.75) is 27.3 Å². The van der Waals surface area contributed by atoms with Gasteiger partial charge < -0.3 is 14.5 Å². The topological polar surface area (TPSA) is 82.2 Å². The van der Waals surface area contributed by atoms with E-state index in [0.717, 1.165) is 22.4 Å². The van der Waals surface area contributed by atoms with E-state index in [-0.39, 0.29) is 7.33 Å². The summed E-state index contributed by atoms with van der Waals surface area (Å²) in [5.74, 6) is 1.12. The molecule has 3 aromatic rings. The molecule has 0 aliphatic heterocycles. The van der Waals surface area contributed by atoms with Crippen molar-refractivity contribution in [1.82, 2.24) is 14.8 Å². The number of ether oxygens (including phenoxy) is 1. The lowest BCUT2D eigenvalue weighted by molar-refractivity contribution is 0.102. The Hall–Kier alpha value is -3.35. The van der Waals surface area contributed by atoms with E-state index in [9.17, 15) is 4.79 Å². The van der Waals surface area contributed by atoms with Gasteiger partial charge in [-0.25, -0.2) is 4.98 Å². The monoisotopic (exact) mass is 368 g/mol. The molecular weight excluding hydrogens is 344 g/mol. The zero-order chi connectivity index (χ0) is 19.6. The maximum Gasteiger partial charge on any atom is 0.255 e. The summed E-state index contributed by atoms with van der Waals surface area (Å²) in [6, 6.07) is 5.16. The molecule has 0 fully saturated rings. The number of amides is 1. The molecule has 1 N–H and O–H groups in total. The number of hydrogen-bond donors (Lipinski definition) is 1. The minimum absolute atomic E-state index is 0. The minimum atomic E-state index is -0.241. The zero-order valence-electron chi connectivity index (χ0n) is 15.9. The molecule has 0 unspecified atom stereocenters. The minimum Gasteiger partial charge on any atom is -0.501 e. The molecule has 0 radical (unpaired) electrons. The number of oxazole rings is 1. The van der Waals surface area contributed by atoms with Gasteiger partial charge in [0.25, 0.3) is 5.91 Å². The number of fused-ring (bicyclic) bond motifs is 1. The van der Waals surface area contributed by atoms with Crippen LogP contribution < -0.4 is 5.32 Å². The quantitative estimate of drug-likeness (QED) is 0.517. The van der Waals surface area contributed by atoms with Gasteiger partial charge in [-0.05, 0) is 37.6 Å². The molecule has 1 aromatic carbocycles. The second-order valence-electron chi connectivity index (χ2n) is 6.32. The Morgan fingerprint density at radius 1 is 1.41 bits per heavy atom. The van der Waals surface area contributed by atoms with E-state index in [4.69, 9.17) is 9.15 Å². The molecule has 0 bridgehead atoms. The summed E-state index contributed by atoms with van der Waals surface area (Å²) in [4.78, 5) is 16.7. The third-order valence-electron chi connectivity index (χ3n) is 4.22. The van der Waals surface area contributed by atoms with Crippen LogP contribution in [-0.2, 0) is 11.3 Å². The number of carbonyl (C=O) groups excluding carboxylic acids is 1. The lowest BCUT2D eigenvalue weighted by Gasteiger charge is -2.11. The van der Waals surface area contributed by atoms with E-state index in [2.05, 4.69) is 22.0 Å². The summed E-state index contributed by atoms with van der Waals surface area (Å²) in [5, 5.41) is 7.14. The van der Waals surface area contributed by atoms with E-state index in [1.807, 2.05) is 13.8 Å². The van der Waals surface area contributed by atoms with Crippen LogP contribution in [0.15, 0.2) is 58.5 Å². The molecule has 0 atom stereocenters. The van der Waals surface area contributed by atoms with E-state index in [0.29, 0.717) is 29.3 Å². The number of carbonyl (C=O) groups is 1. The van der Waals surface area contributed by atoms with Crippen molar-refractivity contribution >= 4 is 22.7 Å². The van der Waals surface area contributed by atoms with E-state index in [1.165, 1.54) is 0 Å². The van der Waals surface area contributed by atoms with Crippen LogP contribution in [0, 0.1) is 6.92 Å². The van der Waals surface area contributed by atoms with Crippen LogP contribution in [0.25, 0.3) is 11.1 Å². The van der Waals surface area contributed by atoms with Gasteiger partial charge in [-0.15, -0.1) is 0 Å². The smallest absolute Gasteiger partial charge is 0.255 e. The molecule has 0 saturated heterocycles. The molecule has 2 heterocycles. The summed E-state index contributed by atoms with van der Waals surface area (Å²) in [5.41, 5.74) is 4.27. The van der Waals surface area contributed by atoms with E-state index in [1.54, 1.807) is 49.3 Å². The van der Waals surface area contributed by atoms with Gasteiger partial charge >= 0.3 is 0 Å². The van der Waals surface area contributed by atoms with Gasteiger partial charge in [-0.3, -0.25) is 9.48 Å². The third kappa shape index (κ3) is 4.08. The van der Waals surface area contributed by atoms with Crippen molar-refractivity contribution in [2.24, 2.45) is 0 Å². The number of aryl methyl sites for hydroxylation is 1. The standard InChI is InChI=1S/C20H22N4O3.H2/c1-12(2)17(13(3)26-5)11-24-10-16(9-21-24)23-20(25)15-6-7-18-19(8-15)27-14(4)22-18;/h6-10H,1,11H2,2-5H3,(H,23,25);1H/b17-13-;. The average molecular weight is 368 g/mol. The summed E-state index contributed by atoms with van der Waals surface area (Å²) >= 11 is 0. The largest absolute Gasteiger partial charge is 0.501 e. The van der Waals surface area contributed by atoms with Crippen molar-refractivity contribution < 1.29 is 15.4 Å². The van der Waals surface area contributed by atoms with Crippen molar-refractivity contribution in [3.8, 4) is 0 Å². The molecule has 0 aliphatic carbocycles. The summed E-state index contributed by atoms with van der Waals surface area (Å²) < 4.78 is 12.5. The second-order valence-corrected chi connectivity index (χ2v) is 6.32. The number of nitrogens with zero attached hydrogens (tertiary/aromatic N) is 3. The Morgan fingerprint density at radius 2 is 2.19 bits per heavy atom. The normalized spacial score (nSPS) is 12.0. The number of methoxy groups -OCH3 is 1. The third-order valence-corrected chi connectivity index (χ3v) is 4.22. The number of aromatic nitrogens is 3. The summed E-state index contributed by atoms with van der Waals surface area (Å²) in [6.45, 7) is 10.1. The number of benzene rings is 1. The molecule has 142 valence electrons. The van der Waals surface area contributed by atoms with E-state index < -0.39 is 0 Å². The number of hydrogen-bond acceptors (Lipinski definition) is 5. The van der Waals surface area contributed by atoms with Gasteiger partial charge in [0.15, 0.2) is 11.5 Å². The van der Waals surface area contributed by atoms with Crippen molar-refractivity contribution in [3.63, 3.8) is 0 Å². The lowest BCUT2D eigenvalue weighted by atomic mass is 10.1. The Labute approximate surface area is 158 Å². The number of nitrogens with one attached hydrogen (secondary N) is 1. The van der Waals surface area contributed by atoms with Crippen molar-refractivity contribution in [3.05, 3.63) is 65.5 Å². The van der Waals surface area contributed by atoms with Gasteiger partial charge in [-0.2, -0.15) is 5.10 Å². The average Bonchev–Trinajstić information content (AvgIpc) is 3.22. The first-order chi connectivity index (χ1) is 12.9. The van der Waals surface area contributed by atoms with Crippen LogP contribution in [0.4, 0.5) is 5.69 Å². The predicted molar refractivity (Wildman–Crippen MR) is 106 cm³/mol. The van der Waals surface area contributed by atoms with Crippen LogP contribution in [0.1, 0.15) is 31.5 Å². The lowest BCUT2D eigenvalue weighted by Crippen LogP contribution is -2.11. The van der Waals surface area contributed by atoms with E-state index >= 15 is 0 Å². The van der Waals surface area contributed by atoms with Gasteiger partial charge in [0.05, 0.1) is 31.3 Å². The fraction of sp³-hybridized carbons (Fsp3) is 0.250. The Balaban J connectivity index is 0.00000280. The van der Waals surface area contributed by atoms with Gasteiger partial charge in [0.2, 0.25) is 0 Å². The maximum absolute atomic E-state index is 12.5. The Bertz CT molecular complexity index is 1050. The number of rotatable bonds is 6. The molecule has 0 saturated carbocycles. The highest BCUT2D eigenvalue weighted by atomic mass is 16.5. The molecule has 7 heteroatoms. The highest BCUT2D eigenvalue weighted by Crippen LogP contribution is 2.19. The highest BCUT2D eigenvalue weighted by Gasteiger charge is 2.12. The highest BCUT2D eigenvalue weighted by molar-refractivity contribution is 6.05. The number of anilines is 1. The molecular formula is C20H24N4O3. The molecule has 3 rings (SSSR count). The first-order valence-electron chi connectivity index (χ1n) is 8.48. The van der Waals surface area contributed by atoms with Crippen LogP contribution in [0.5, 0.6) is 0 Å². The van der Waals surface area contributed by atoms with Gasteiger partial charge in [-0.1, -0.05) is 6.58 Å². The number of allylic oxidation sites excluding steroid dienone is 3. The Kier molecular flexibility index (Phi) is 5.12. The summed E-state index contributed by atoms with van der Waals surface area (Å²) in [7, 11) is 1.62. The zero-order valence-corrected chi connectivity index (χ0v) is 15.9. The molecule has 0 aliphatic rings. The van der Waals surface area contributed by atoms with Crippen LogP contribution >= 0.6 is 0 Å². The Morgan fingerprint density at radius 3 is 2.89 bits per heavy atom. The van der Waals surface area contributed by atoms with Crippen molar-refractivity contribution in [2.75, 3.05) is 12.4 Å². The fourth-order valence-electron chi connectivity index (χ4n) is 2.73. The molecule has 27 heavy (non-hydrogen) atoms. The van der Waals surface area contributed by atoms with Crippen LogP contribution in [-0.4, -0.2) is 27.8 Å². The molecule has 1 amide bonds. The predicted octanol–water partition coefficient (Wildman–Crippen LogP) is 4.33. The fourth-order valence-corrected chi connectivity index (χ4v) is 2.73.